The van der Waals surface area contributed by atoms with E-state index < -0.39 is 17.3 Å². The lowest BCUT2D eigenvalue weighted by Gasteiger charge is -2.44. The Balaban J connectivity index is 2.16. The second kappa shape index (κ2) is 4.33. The summed E-state index contributed by atoms with van der Waals surface area (Å²) in [7, 11) is 1.54. The molecule has 5 heteroatoms. The van der Waals surface area contributed by atoms with E-state index in [9.17, 15) is 14.3 Å². The lowest BCUT2D eigenvalue weighted by molar-refractivity contribution is -0.151. The van der Waals surface area contributed by atoms with Gasteiger partial charge in [0.1, 0.15) is 11.4 Å². The molecule has 1 aliphatic carbocycles. The molecule has 1 fully saturated rings. The van der Waals surface area contributed by atoms with Crippen LogP contribution in [-0.4, -0.2) is 29.8 Å². The number of aliphatic carboxylic acids is 1. The van der Waals surface area contributed by atoms with Gasteiger partial charge < -0.3 is 15.2 Å². The molecule has 0 heterocycles. The van der Waals surface area contributed by atoms with E-state index in [4.69, 9.17) is 4.74 Å². The van der Waals surface area contributed by atoms with Crippen molar-refractivity contribution in [2.75, 3.05) is 12.4 Å². The number of benzene rings is 1. The van der Waals surface area contributed by atoms with Crippen molar-refractivity contribution in [3.05, 3.63) is 30.1 Å². The number of carboxylic acids is 1. The summed E-state index contributed by atoms with van der Waals surface area (Å²) in [4.78, 5) is 11.2. The molecule has 0 aliphatic heterocycles. The van der Waals surface area contributed by atoms with Gasteiger partial charge in [0.25, 0.3) is 0 Å². The number of ether oxygens (including phenoxy) is 1. The summed E-state index contributed by atoms with van der Waals surface area (Å²) in [6.07, 6.45) is 0.603. The van der Waals surface area contributed by atoms with Crippen molar-refractivity contribution in [2.45, 2.75) is 24.5 Å². The van der Waals surface area contributed by atoms with Crippen molar-refractivity contribution in [2.24, 2.45) is 0 Å². The molecule has 0 unspecified atom stereocenters. The predicted octanol–water partition coefficient (Wildman–Crippen LogP) is 1.87. The smallest absolute Gasteiger partial charge is 0.329 e. The number of nitrogens with one attached hydrogen (secondary N) is 1. The average Bonchev–Trinajstić information content (AvgIpc) is 2.24. The topological polar surface area (TPSA) is 58.6 Å². The van der Waals surface area contributed by atoms with Gasteiger partial charge in [-0.2, -0.15) is 0 Å². The molecule has 0 aromatic heterocycles. The minimum absolute atomic E-state index is 0.0784. The van der Waals surface area contributed by atoms with Crippen LogP contribution in [0.15, 0.2) is 24.3 Å². The van der Waals surface area contributed by atoms with Gasteiger partial charge in [0, 0.05) is 20.0 Å². The zero-order chi connectivity index (χ0) is 12.5. The van der Waals surface area contributed by atoms with Crippen LogP contribution < -0.4 is 5.32 Å². The van der Waals surface area contributed by atoms with Gasteiger partial charge in [-0.15, -0.1) is 0 Å². The molecule has 0 saturated heterocycles. The molecule has 2 rings (SSSR count). The van der Waals surface area contributed by atoms with Crippen LogP contribution in [0.1, 0.15) is 12.8 Å². The van der Waals surface area contributed by atoms with E-state index in [1.807, 2.05) is 0 Å². The zero-order valence-electron chi connectivity index (χ0n) is 9.44. The number of halogens is 1. The number of hydrogen-bond acceptors (Lipinski definition) is 3. The zero-order valence-corrected chi connectivity index (χ0v) is 9.44. The van der Waals surface area contributed by atoms with Gasteiger partial charge >= 0.3 is 5.97 Å². The van der Waals surface area contributed by atoms with Crippen molar-refractivity contribution in [3.8, 4) is 0 Å². The van der Waals surface area contributed by atoms with Gasteiger partial charge in [-0.05, 0) is 12.1 Å². The molecular formula is C12H14FNO3. The summed E-state index contributed by atoms with van der Waals surface area (Å²) in [5, 5.41) is 12.0. The standard InChI is InChI=1S/C12H14FNO3/c1-17-8-6-12(7-8,11(15)16)14-10-5-3-2-4-9(10)13/h2-5,8,14H,6-7H2,1H3,(H,15,16). The highest BCUT2D eigenvalue weighted by Crippen LogP contribution is 2.38. The first kappa shape index (κ1) is 11.9. The van der Waals surface area contributed by atoms with Crippen LogP contribution in [0.5, 0.6) is 0 Å². The molecule has 1 aromatic carbocycles. The van der Waals surface area contributed by atoms with Gasteiger partial charge in [-0.25, -0.2) is 9.18 Å². The number of hydrogen-bond donors (Lipinski definition) is 2. The highest BCUT2D eigenvalue weighted by Gasteiger charge is 2.51. The fourth-order valence-corrected chi connectivity index (χ4v) is 2.03. The van der Waals surface area contributed by atoms with Crippen LogP contribution in [0.2, 0.25) is 0 Å². The maximum Gasteiger partial charge on any atom is 0.329 e. The summed E-state index contributed by atoms with van der Waals surface area (Å²) >= 11 is 0. The van der Waals surface area contributed by atoms with Gasteiger partial charge in [0.2, 0.25) is 0 Å². The monoisotopic (exact) mass is 239 g/mol. The number of carboxylic acid groups (broad SMARTS) is 1. The highest BCUT2D eigenvalue weighted by atomic mass is 19.1. The molecule has 0 radical (unpaired) electrons. The molecule has 2 N–H and O–H groups in total. The first-order valence-electron chi connectivity index (χ1n) is 5.36. The molecule has 4 nitrogen and oxygen atoms in total. The third-order valence-corrected chi connectivity index (χ3v) is 3.14. The molecule has 1 aliphatic rings. The molecule has 1 saturated carbocycles. The number of rotatable bonds is 4. The second-order valence-electron chi connectivity index (χ2n) is 4.26. The SMILES string of the molecule is COC1CC(Nc2ccccc2F)(C(=O)O)C1. The van der Waals surface area contributed by atoms with E-state index in [0.717, 1.165) is 0 Å². The maximum atomic E-state index is 13.4. The Morgan fingerprint density at radius 2 is 2.18 bits per heavy atom. The minimum atomic E-state index is -1.11. The molecule has 0 spiro atoms. The van der Waals surface area contributed by atoms with Crippen LogP contribution >= 0.6 is 0 Å². The number of para-hydroxylation sites is 1. The van der Waals surface area contributed by atoms with Crippen molar-refractivity contribution < 1.29 is 19.0 Å². The minimum Gasteiger partial charge on any atom is -0.480 e. The summed E-state index contributed by atoms with van der Waals surface area (Å²) in [5.74, 6) is -1.43. The van der Waals surface area contributed by atoms with Gasteiger partial charge in [0.15, 0.2) is 0 Å². The van der Waals surface area contributed by atoms with Crippen LogP contribution in [-0.2, 0) is 9.53 Å². The number of carbonyl (C=O) groups is 1. The molecule has 0 atom stereocenters. The number of anilines is 1. The molecule has 0 bridgehead atoms. The average molecular weight is 239 g/mol. The normalized spacial score (nSPS) is 27.3. The van der Waals surface area contributed by atoms with Gasteiger partial charge in [-0.3, -0.25) is 0 Å². The Morgan fingerprint density at radius 1 is 1.53 bits per heavy atom. The molecule has 0 amide bonds. The summed E-state index contributed by atoms with van der Waals surface area (Å²) in [6, 6.07) is 6.05. The first-order chi connectivity index (χ1) is 8.07. The third-order valence-electron chi connectivity index (χ3n) is 3.14. The Labute approximate surface area is 98.4 Å². The second-order valence-corrected chi connectivity index (χ2v) is 4.26. The van der Waals surface area contributed by atoms with E-state index in [0.29, 0.717) is 12.8 Å². The van der Waals surface area contributed by atoms with E-state index in [1.165, 1.54) is 12.1 Å². The Kier molecular flexibility index (Phi) is 3.02. The molecular weight excluding hydrogens is 225 g/mol. The summed E-state index contributed by atoms with van der Waals surface area (Å²) < 4.78 is 18.5. The largest absolute Gasteiger partial charge is 0.480 e. The fraction of sp³-hybridized carbons (Fsp3) is 0.417. The van der Waals surface area contributed by atoms with Crippen molar-refractivity contribution in [1.82, 2.24) is 0 Å². The van der Waals surface area contributed by atoms with E-state index in [2.05, 4.69) is 5.32 Å². The van der Waals surface area contributed by atoms with E-state index >= 15 is 0 Å². The summed E-state index contributed by atoms with van der Waals surface area (Å²) in [5.41, 5.74) is -0.896. The highest BCUT2D eigenvalue weighted by molar-refractivity contribution is 5.84. The molecule has 92 valence electrons. The molecule has 1 aromatic rings. The van der Waals surface area contributed by atoms with E-state index in [-0.39, 0.29) is 11.8 Å². The lowest BCUT2D eigenvalue weighted by Crippen LogP contribution is -2.59. The van der Waals surface area contributed by atoms with Crippen molar-refractivity contribution >= 4 is 11.7 Å². The number of methoxy groups -OCH3 is 1. The van der Waals surface area contributed by atoms with Crippen LogP contribution in [0.3, 0.4) is 0 Å². The Bertz CT molecular complexity index is 430. The maximum absolute atomic E-state index is 13.4. The quantitative estimate of drug-likeness (QED) is 0.842. The van der Waals surface area contributed by atoms with Crippen molar-refractivity contribution in [3.63, 3.8) is 0 Å². The van der Waals surface area contributed by atoms with Crippen molar-refractivity contribution in [1.29, 1.82) is 0 Å². The van der Waals surface area contributed by atoms with Crippen LogP contribution in [0, 0.1) is 5.82 Å². The predicted molar refractivity (Wildman–Crippen MR) is 60.4 cm³/mol. The first-order valence-corrected chi connectivity index (χ1v) is 5.36. The van der Waals surface area contributed by atoms with Crippen LogP contribution in [0.4, 0.5) is 10.1 Å². The van der Waals surface area contributed by atoms with Gasteiger partial charge in [0.05, 0.1) is 11.8 Å². The lowest BCUT2D eigenvalue weighted by atomic mass is 9.74. The van der Waals surface area contributed by atoms with Crippen LogP contribution in [0.25, 0.3) is 0 Å². The summed E-state index contributed by atoms with van der Waals surface area (Å²) in [6.45, 7) is 0. The molecule has 17 heavy (non-hydrogen) atoms. The fourth-order valence-electron chi connectivity index (χ4n) is 2.03. The Morgan fingerprint density at radius 3 is 2.71 bits per heavy atom. The van der Waals surface area contributed by atoms with Gasteiger partial charge in [-0.1, -0.05) is 12.1 Å². The Hall–Kier alpha value is -1.62. The van der Waals surface area contributed by atoms with E-state index in [1.54, 1.807) is 19.2 Å². The third kappa shape index (κ3) is 2.10.